The molecule has 0 saturated carbocycles. The van der Waals surface area contributed by atoms with Gasteiger partial charge in [0.1, 0.15) is 4.21 Å². The van der Waals surface area contributed by atoms with Crippen molar-refractivity contribution in [1.29, 1.82) is 0 Å². The second kappa shape index (κ2) is 9.67. The maximum absolute atomic E-state index is 12.9. The molecular weight excluding hydrogens is 392 g/mol. The maximum Gasteiger partial charge on any atom is 0.252 e. The fraction of sp³-hybridized carbons (Fsp3) is 0.476. The molecule has 3 rings (SSSR count). The highest BCUT2D eigenvalue weighted by molar-refractivity contribution is 7.91. The Morgan fingerprint density at radius 3 is 2.68 bits per heavy atom. The van der Waals surface area contributed by atoms with Crippen molar-refractivity contribution in [2.75, 3.05) is 13.1 Å². The molecule has 0 aliphatic carbocycles. The number of benzene rings is 1. The van der Waals surface area contributed by atoms with Gasteiger partial charge in [-0.15, -0.1) is 11.3 Å². The van der Waals surface area contributed by atoms with Crippen molar-refractivity contribution >= 4 is 27.3 Å². The molecule has 5 nitrogen and oxygen atoms in total. The first-order valence-electron chi connectivity index (χ1n) is 9.92. The number of carbonyl (C=O) groups excluding carboxylic acids is 1. The fourth-order valence-electron chi connectivity index (χ4n) is 3.85. The molecule has 1 saturated heterocycles. The zero-order chi connectivity index (χ0) is 20.0. The molecule has 152 valence electrons. The van der Waals surface area contributed by atoms with E-state index in [1.54, 1.807) is 21.8 Å². The quantitative estimate of drug-likeness (QED) is 0.702. The summed E-state index contributed by atoms with van der Waals surface area (Å²) in [5, 5.41) is 4.82. The highest BCUT2D eigenvalue weighted by atomic mass is 32.2. The third-order valence-corrected chi connectivity index (χ3v) is 8.66. The fourth-order valence-corrected chi connectivity index (χ4v) is 6.69. The van der Waals surface area contributed by atoms with E-state index in [9.17, 15) is 13.2 Å². The van der Waals surface area contributed by atoms with Crippen molar-refractivity contribution < 1.29 is 13.2 Å². The van der Waals surface area contributed by atoms with E-state index in [1.165, 1.54) is 11.3 Å². The number of thiophene rings is 1. The molecule has 0 bridgehead atoms. The van der Waals surface area contributed by atoms with Gasteiger partial charge in [-0.2, -0.15) is 4.31 Å². The summed E-state index contributed by atoms with van der Waals surface area (Å²) in [4.78, 5) is 12.6. The van der Waals surface area contributed by atoms with Gasteiger partial charge in [-0.1, -0.05) is 49.7 Å². The van der Waals surface area contributed by atoms with Crippen LogP contribution in [0.2, 0.25) is 0 Å². The largest absolute Gasteiger partial charge is 0.356 e. The summed E-state index contributed by atoms with van der Waals surface area (Å²) in [6.45, 7) is 3.05. The van der Waals surface area contributed by atoms with Gasteiger partial charge in [0.15, 0.2) is 0 Å². The number of hydrogen-bond donors (Lipinski definition) is 1. The normalized spacial score (nSPS) is 19.2. The van der Waals surface area contributed by atoms with E-state index in [0.717, 1.165) is 31.2 Å². The molecule has 1 N–H and O–H groups in total. The van der Waals surface area contributed by atoms with E-state index in [2.05, 4.69) is 5.32 Å². The Balaban J connectivity index is 1.60. The van der Waals surface area contributed by atoms with Crippen molar-refractivity contribution in [3.63, 3.8) is 0 Å². The van der Waals surface area contributed by atoms with E-state index in [0.29, 0.717) is 23.7 Å². The Bertz CT molecular complexity index is 851. The van der Waals surface area contributed by atoms with Gasteiger partial charge >= 0.3 is 0 Å². The van der Waals surface area contributed by atoms with Crippen molar-refractivity contribution in [2.24, 2.45) is 0 Å². The topological polar surface area (TPSA) is 66.5 Å². The van der Waals surface area contributed by atoms with Gasteiger partial charge in [0, 0.05) is 19.1 Å². The van der Waals surface area contributed by atoms with Crippen LogP contribution in [0.15, 0.2) is 52.1 Å². The highest BCUT2D eigenvalue weighted by Crippen LogP contribution is 2.29. The molecule has 0 radical (unpaired) electrons. The van der Waals surface area contributed by atoms with E-state index in [-0.39, 0.29) is 17.9 Å². The Morgan fingerprint density at radius 2 is 2.00 bits per heavy atom. The van der Waals surface area contributed by atoms with Crippen molar-refractivity contribution in [1.82, 2.24) is 9.62 Å². The summed E-state index contributed by atoms with van der Waals surface area (Å²) in [5.41, 5.74) is 1.02. The minimum Gasteiger partial charge on any atom is -0.356 e. The lowest BCUT2D eigenvalue weighted by molar-refractivity contribution is -0.122. The predicted molar refractivity (Wildman–Crippen MR) is 113 cm³/mol. The summed E-state index contributed by atoms with van der Waals surface area (Å²) < 4.78 is 27.9. The summed E-state index contributed by atoms with van der Waals surface area (Å²) in [7, 11) is -3.44. The average molecular weight is 421 g/mol. The lowest BCUT2D eigenvalue weighted by Crippen LogP contribution is -2.45. The summed E-state index contributed by atoms with van der Waals surface area (Å²) in [6.07, 6.45) is 4.13. The van der Waals surface area contributed by atoms with Crippen LogP contribution < -0.4 is 5.32 Å². The average Bonchev–Trinajstić information content (AvgIpc) is 3.25. The monoisotopic (exact) mass is 420 g/mol. The molecule has 1 aromatic carbocycles. The van der Waals surface area contributed by atoms with Gasteiger partial charge < -0.3 is 5.32 Å². The highest BCUT2D eigenvalue weighted by Gasteiger charge is 2.33. The Labute approximate surface area is 171 Å². The predicted octanol–water partition coefficient (Wildman–Crippen LogP) is 3.99. The molecular formula is C21H28N2O3S2. The van der Waals surface area contributed by atoms with Crippen LogP contribution in [0.25, 0.3) is 0 Å². The van der Waals surface area contributed by atoms with Crippen LogP contribution >= 0.6 is 11.3 Å². The van der Waals surface area contributed by atoms with Crippen LogP contribution in [0.4, 0.5) is 0 Å². The molecule has 1 aliphatic rings. The third-order valence-electron chi connectivity index (χ3n) is 5.33. The van der Waals surface area contributed by atoms with Crippen LogP contribution in [-0.2, 0) is 14.8 Å². The summed E-state index contributed by atoms with van der Waals surface area (Å²) >= 11 is 1.26. The molecule has 7 heteroatoms. The SMILES string of the molecule is CCC(C(=O)NCCC1CCCCN1S(=O)(=O)c1cccs1)c1ccccc1. The van der Waals surface area contributed by atoms with Gasteiger partial charge in [-0.3, -0.25) is 4.79 Å². The number of nitrogens with one attached hydrogen (secondary N) is 1. The lowest BCUT2D eigenvalue weighted by atomic mass is 9.95. The lowest BCUT2D eigenvalue weighted by Gasteiger charge is -2.34. The van der Waals surface area contributed by atoms with Gasteiger partial charge in [0.25, 0.3) is 10.0 Å². The minimum atomic E-state index is -3.44. The van der Waals surface area contributed by atoms with Crippen molar-refractivity contribution in [3.8, 4) is 0 Å². The molecule has 28 heavy (non-hydrogen) atoms. The molecule has 2 aromatic rings. The number of amides is 1. The van der Waals surface area contributed by atoms with Gasteiger partial charge in [-0.25, -0.2) is 8.42 Å². The van der Waals surface area contributed by atoms with Crippen LogP contribution in [-0.4, -0.2) is 37.8 Å². The standard InChI is InChI=1S/C21H28N2O3S2/c1-2-19(17-9-4-3-5-10-17)21(24)22-14-13-18-11-6-7-15-23(18)28(25,26)20-12-8-16-27-20/h3-5,8-10,12,16,18-19H,2,6-7,11,13-15H2,1H3,(H,22,24). The Hall–Kier alpha value is -1.70. The molecule has 0 spiro atoms. The Morgan fingerprint density at radius 1 is 1.21 bits per heavy atom. The summed E-state index contributed by atoms with van der Waals surface area (Å²) in [5.74, 6) is -0.157. The minimum absolute atomic E-state index is 0.0113. The Kier molecular flexibility index (Phi) is 7.26. The first-order chi connectivity index (χ1) is 13.5. The van der Waals surface area contributed by atoms with E-state index in [4.69, 9.17) is 0 Å². The first-order valence-corrected chi connectivity index (χ1v) is 12.2. The second-order valence-electron chi connectivity index (χ2n) is 7.15. The van der Waals surface area contributed by atoms with Crippen molar-refractivity contribution in [3.05, 3.63) is 53.4 Å². The van der Waals surface area contributed by atoms with E-state index >= 15 is 0 Å². The van der Waals surface area contributed by atoms with Gasteiger partial charge in [-0.05, 0) is 42.7 Å². The molecule has 1 fully saturated rings. The molecule has 1 aromatic heterocycles. The number of sulfonamides is 1. The molecule has 1 amide bonds. The van der Waals surface area contributed by atoms with Crippen LogP contribution in [0.5, 0.6) is 0 Å². The number of carbonyl (C=O) groups is 1. The number of rotatable bonds is 8. The maximum atomic E-state index is 12.9. The second-order valence-corrected chi connectivity index (χ2v) is 10.2. The van der Waals surface area contributed by atoms with Gasteiger partial charge in [0.2, 0.25) is 5.91 Å². The van der Waals surface area contributed by atoms with Crippen LogP contribution in [0, 0.1) is 0 Å². The number of piperidine rings is 1. The smallest absolute Gasteiger partial charge is 0.252 e. The molecule has 2 atom stereocenters. The first kappa shape index (κ1) is 21.0. The zero-order valence-electron chi connectivity index (χ0n) is 16.2. The van der Waals surface area contributed by atoms with Crippen LogP contribution in [0.3, 0.4) is 0 Å². The number of nitrogens with zero attached hydrogens (tertiary/aromatic N) is 1. The third kappa shape index (κ3) is 4.82. The van der Waals surface area contributed by atoms with Crippen molar-refractivity contribution in [2.45, 2.75) is 55.2 Å². The van der Waals surface area contributed by atoms with E-state index < -0.39 is 10.0 Å². The zero-order valence-corrected chi connectivity index (χ0v) is 17.8. The van der Waals surface area contributed by atoms with Crippen LogP contribution in [0.1, 0.15) is 50.5 Å². The summed E-state index contributed by atoms with van der Waals surface area (Å²) in [6, 6.07) is 13.2. The number of hydrogen-bond acceptors (Lipinski definition) is 4. The van der Waals surface area contributed by atoms with Gasteiger partial charge in [0.05, 0.1) is 5.92 Å². The molecule has 2 unspecified atom stereocenters. The van der Waals surface area contributed by atoms with E-state index in [1.807, 2.05) is 37.3 Å². The molecule has 1 aliphatic heterocycles. The molecule has 2 heterocycles.